The van der Waals surface area contributed by atoms with E-state index in [4.69, 9.17) is 16.3 Å². The summed E-state index contributed by atoms with van der Waals surface area (Å²) >= 11 is 5.52. The number of nitrogens with zero attached hydrogens (tertiary/aromatic N) is 1. The maximum Gasteiger partial charge on any atom is 0.224 e. The van der Waals surface area contributed by atoms with Crippen molar-refractivity contribution in [2.75, 3.05) is 26.3 Å². The minimum Gasteiger partial charge on any atom is -0.379 e. The Morgan fingerprint density at radius 2 is 1.73 bits per heavy atom. The number of ether oxygens (including phenoxy) is 1. The summed E-state index contributed by atoms with van der Waals surface area (Å²) in [5.74, 6) is 0.115. The smallest absolute Gasteiger partial charge is 0.224 e. The van der Waals surface area contributed by atoms with Gasteiger partial charge in [-0.2, -0.15) is 0 Å². The summed E-state index contributed by atoms with van der Waals surface area (Å²) in [4.78, 5) is 13.5. The topological polar surface area (TPSA) is 29.5 Å². The third kappa shape index (κ3) is 2.92. The zero-order valence-corrected chi connectivity index (χ0v) is 9.71. The van der Waals surface area contributed by atoms with E-state index in [2.05, 4.69) is 4.90 Å². The van der Waals surface area contributed by atoms with E-state index in [1.54, 1.807) is 0 Å². The average Bonchev–Trinajstić information content (AvgIpc) is 2.30. The highest BCUT2D eigenvalue weighted by molar-refractivity contribution is 6.63. The second-order valence-corrected chi connectivity index (χ2v) is 4.83. The van der Waals surface area contributed by atoms with Crippen LogP contribution in [-0.4, -0.2) is 42.5 Å². The Labute approximate surface area is 95.7 Å². The molecule has 0 unspecified atom stereocenters. The van der Waals surface area contributed by atoms with Crippen LogP contribution < -0.4 is 0 Å². The summed E-state index contributed by atoms with van der Waals surface area (Å²) in [5, 5.41) is -0.143. The molecule has 1 saturated heterocycles. The van der Waals surface area contributed by atoms with Crippen molar-refractivity contribution in [1.82, 2.24) is 4.90 Å². The van der Waals surface area contributed by atoms with E-state index in [-0.39, 0.29) is 11.2 Å². The van der Waals surface area contributed by atoms with Crippen LogP contribution in [0, 0.1) is 5.92 Å². The fourth-order valence-electron chi connectivity index (χ4n) is 2.61. The summed E-state index contributed by atoms with van der Waals surface area (Å²) in [7, 11) is 0. The maximum atomic E-state index is 11.0. The largest absolute Gasteiger partial charge is 0.379 e. The van der Waals surface area contributed by atoms with Gasteiger partial charge in [-0.1, -0.05) is 0 Å². The van der Waals surface area contributed by atoms with Gasteiger partial charge in [-0.05, 0) is 37.3 Å². The predicted molar refractivity (Wildman–Crippen MR) is 59.0 cm³/mol. The number of rotatable bonds is 2. The highest BCUT2D eigenvalue weighted by Crippen LogP contribution is 2.29. The molecule has 2 rings (SSSR count). The SMILES string of the molecule is O=C(Cl)[C@H]1CC[C@H](N2CCOCC2)CC1. The molecule has 0 amide bonds. The van der Waals surface area contributed by atoms with Crippen LogP contribution in [-0.2, 0) is 9.53 Å². The summed E-state index contributed by atoms with van der Waals surface area (Å²) < 4.78 is 5.33. The van der Waals surface area contributed by atoms with Crippen molar-refractivity contribution in [2.45, 2.75) is 31.7 Å². The Morgan fingerprint density at radius 1 is 1.13 bits per heavy atom. The first-order valence-corrected chi connectivity index (χ1v) is 6.16. The van der Waals surface area contributed by atoms with Gasteiger partial charge in [-0.3, -0.25) is 9.69 Å². The summed E-state index contributed by atoms with van der Waals surface area (Å²) in [6.07, 6.45) is 4.15. The van der Waals surface area contributed by atoms with Crippen LogP contribution in [0.2, 0.25) is 0 Å². The number of carbonyl (C=O) groups is 1. The molecule has 2 fully saturated rings. The molecule has 1 saturated carbocycles. The third-order valence-electron chi connectivity index (χ3n) is 3.58. The molecule has 4 heteroatoms. The van der Waals surface area contributed by atoms with Crippen molar-refractivity contribution in [3.63, 3.8) is 0 Å². The molecular formula is C11H18ClNO2. The first-order valence-electron chi connectivity index (χ1n) is 5.78. The molecule has 0 bridgehead atoms. The standard InChI is InChI=1S/C11H18ClNO2/c12-11(14)9-1-3-10(4-2-9)13-5-7-15-8-6-13/h9-10H,1-8H2/t9-,10-. The normalized spacial score (nSPS) is 33.9. The lowest BCUT2D eigenvalue weighted by atomic mass is 9.86. The summed E-state index contributed by atoms with van der Waals surface area (Å²) in [5.41, 5.74) is 0. The van der Waals surface area contributed by atoms with Crippen molar-refractivity contribution < 1.29 is 9.53 Å². The van der Waals surface area contributed by atoms with Gasteiger partial charge < -0.3 is 4.74 Å². The molecule has 0 radical (unpaired) electrons. The van der Waals surface area contributed by atoms with E-state index >= 15 is 0 Å². The fourth-order valence-corrected chi connectivity index (χ4v) is 2.83. The van der Waals surface area contributed by atoms with Crippen molar-refractivity contribution in [1.29, 1.82) is 0 Å². The van der Waals surface area contributed by atoms with Crippen LogP contribution in [0.3, 0.4) is 0 Å². The van der Waals surface area contributed by atoms with E-state index in [0.29, 0.717) is 6.04 Å². The number of hydrogen-bond donors (Lipinski definition) is 0. The van der Waals surface area contributed by atoms with E-state index in [1.807, 2.05) is 0 Å². The van der Waals surface area contributed by atoms with Crippen molar-refractivity contribution in [2.24, 2.45) is 5.92 Å². The molecule has 1 aliphatic carbocycles. The molecule has 0 atom stereocenters. The average molecular weight is 232 g/mol. The monoisotopic (exact) mass is 231 g/mol. The Kier molecular flexibility index (Phi) is 4.00. The lowest BCUT2D eigenvalue weighted by molar-refractivity contribution is -0.116. The molecule has 0 aromatic carbocycles. The minimum absolute atomic E-state index is 0.115. The fraction of sp³-hybridized carbons (Fsp3) is 0.909. The minimum atomic E-state index is -0.143. The van der Waals surface area contributed by atoms with Gasteiger partial charge in [-0.15, -0.1) is 0 Å². The van der Waals surface area contributed by atoms with Gasteiger partial charge in [0.05, 0.1) is 13.2 Å². The van der Waals surface area contributed by atoms with Crippen LogP contribution >= 0.6 is 11.6 Å². The van der Waals surface area contributed by atoms with Crippen LogP contribution in [0.15, 0.2) is 0 Å². The first kappa shape index (κ1) is 11.4. The van der Waals surface area contributed by atoms with E-state index in [0.717, 1.165) is 52.0 Å². The molecule has 0 N–H and O–H groups in total. The first-order chi connectivity index (χ1) is 7.27. The Morgan fingerprint density at radius 3 is 2.27 bits per heavy atom. The molecule has 1 heterocycles. The van der Waals surface area contributed by atoms with E-state index in [1.165, 1.54) is 0 Å². The second-order valence-electron chi connectivity index (χ2n) is 4.46. The van der Waals surface area contributed by atoms with E-state index in [9.17, 15) is 4.79 Å². The van der Waals surface area contributed by atoms with Crippen LogP contribution in [0.5, 0.6) is 0 Å². The van der Waals surface area contributed by atoms with Crippen molar-refractivity contribution in [3.05, 3.63) is 0 Å². The van der Waals surface area contributed by atoms with Gasteiger partial charge in [0.2, 0.25) is 5.24 Å². The Bertz CT molecular complexity index is 221. The van der Waals surface area contributed by atoms with Gasteiger partial charge in [-0.25, -0.2) is 0 Å². The molecular weight excluding hydrogens is 214 g/mol. The molecule has 86 valence electrons. The molecule has 1 aliphatic heterocycles. The van der Waals surface area contributed by atoms with Gasteiger partial charge in [0.25, 0.3) is 0 Å². The summed E-state index contributed by atoms with van der Waals surface area (Å²) in [6.45, 7) is 3.80. The number of carbonyl (C=O) groups excluding carboxylic acids is 1. The molecule has 0 aromatic rings. The molecule has 2 aliphatic rings. The van der Waals surface area contributed by atoms with Crippen molar-refractivity contribution in [3.8, 4) is 0 Å². The van der Waals surface area contributed by atoms with Crippen LogP contribution in [0.4, 0.5) is 0 Å². The third-order valence-corrected chi connectivity index (χ3v) is 3.89. The zero-order chi connectivity index (χ0) is 10.7. The van der Waals surface area contributed by atoms with Gasteiger partial charge >= 0.3 is 0 Å². The predicted octanol–water partition coefficient (Wildman–Crippen LogP) is 1.64. The highest BCUT2D eigenvalue weighted by atomic mass is 35.5. The molecule has 0 spiro atoms. The zero-order valence-electron chi connectivity index (χ0n) is 8.95. The molecule has 0 aromatic heterocycles. The van der Waals surface area contributed by atoms with Gasteiger partial charge in [0, 0.05) is 25.0 Å². The quantitative estimate of drug-likeness (QED) is 0.677. The highest BCUT2D eigenvalue weighted by Gasteiger charge is 2.29. The number of hydrogen-bond acceptors (Lipinski definition) is 3. The Hall–Kier alpha value is -0.120. The van der Waals surface area contributed by atoms with Gasteiger partial charge in [0.1, 0.15) is 0 Å². The van der Waals surface area contributed by atoms with E-state index < -0.39 is 0 Å². The number of halogens is 1. The van der Waals surface area contributed by atoms with Crippen LogP contribution in [0.1, 0.15) is 25.7 Å². The second kappa shape index (κ2) is 5.28. The molecule has 15 heavy (non-hydrogen) atoms. The number of morpholine rings is 1. The maximum absolute atomic E-state index is 11.0. The molecule has 3 nitrogen and oxygen atoms in total. The van der Waals surface area contributed by atoms with Crippen molar-refractivity contribution >= 4 is 16.8 Å². The lowest BCUT2D eigenvalue weighted by Crippen LogP contribution is -2.45. The lowest BCUT2D eigenvalue weighted by Gasteiger charge is -2.38. The van der Waals surface area contributed by atoms with Crippen LogP contribution in [0.25, 0.3) is 0 Å². The Balaban J connectivity index is 1.79. The van der Waals surface area contributed by atoms with Gasteiger partial charge in [0.15, 0.2) is 0 Å². The summed E-state index contributed by atoms with van der Waals surface area (Å²) in [6, 6.07) is 0.654.